The van der Waals surface area contributed by atoms with E-state index < -0.39 is 24.1 Å². The summed E-state index contributed by atoms with van der Waals surface area (Å²) in [6, 6.07) is 26.9. The Labute approximate surface area is 244 Å². The SMILES string of the molecule is C=C(C)C(=O)OC(COc1cccc(OCC(CSc2ccccc2)OC(=O)C(=C)C)c1)CSc1ccccc1. The standard InChI is InChI=1S/C32H34O6S2/c1-23(2)31(33)37-27(21-39-29-14-7-5-8-15-29)19-35-25-12-11-13-26(18-25)36-20-28(38-32(34)24(3)4)22-40-30-16-9-6-10-17-30/h5-18,27-28H,1,3,19-22H2,2,4H3. The number of thioether (sulfide) groups is 2. The van der Waals surface area contributed by atoms with Crippen molar-refractivity contribution in [1.29, 1.82) is 0 Å². The van der Waals surface area contributed by atoms with Crippen LogP contribution >= 0.6 is 23.5 Å². The fourth-order valence-corrected chi connectivity index (χ4v) is 4.96. The molecule has 0 amide bonds. The molecule has 3 aromatic rings. The van der Waals surface area contributed by atoms with Gasteiger partial charge in [-0.15, -0.1) is 23.5 Å². The first-order chi connectivity index (χ1) is 19.3. The average molecular weight is 579 g/mol. The smallest absolute Gasteiger partial charge is 0.333 e. The predicted molar refractivity (Wildman–Crippen MR) is 161 cm³/mol. The molecule has 40 heavy (non-hydrogen) atoms. The summed E-state index contributed by atoms with van der Waals surface area (Å²) in [4.78, 5) is 26.5. The van der Waals surface area contributed by atoms with Crippen LogP contribution in [0.5, 0.6) is 11.5 Å². The zero-order chi connectivity index (χ0) is 28.7. The van der Waals surface area contributed by atoms with Crippen LogP contribution in [0.15, 0.2) is 119 Å². The molecule has 0 spiro atoms. The third-order valence-electron chi connectivity index (χ3n) is 5.28. The van der Waals surface area contributed by atoms with Gasteiger partial charge in [-0.3, -0.25) is 0 Å². The normalized spacial score (nSPS) is 12.1. The highest BCUT2D eigenvalue weighted by Crippen LogP contribution is 2.24. The third-order valence-corrected chi connectivity index (χ3v) is 7.57. The van der Waals surface area contributed by atoms with Gasteiger partial charge in [-0.25, -0.2) is 9.59 Å². The van der Waals surface area contributed by atoms with Gasteiger partial charge in [-0.1, -0.05) is 55.6 Å². The second-order valence-corrected chi connectivity index (χ2v) is 11.1. The van der Waals surface area contributed by atoms with Gasteiger partial charge < -0.3 is 18.9 Å². The monoisotopic (exact) mass is 578 g/mol. The van der Waals surface area contributed by atoms with Gasteiger partial charge in [0.05, 0.1) is 0 Å². The van der Waals surface area contributed by atoms with Crippen molar-refractivity contribution < 1.29 is 28.5 Å². The van der Waals surface area contributed by atoms with Crippen LogP contribution in [0, 0.1) is 0 Å². The van der Waals surface area contributed by atoms with Crippen LogP contribution in [0.25, 0.3) is 0 Å². The second-order valence-electron chi connectivity index (χ2n) is 8.96. The molecule has 0 N–H and O–H groups in total. The molecular weight excluding hydrogens is 544 g/mol. The predicted octanol–water partition coefficient (Wildman–Crippen LogP) is 7.00. The van der Waals surface area contributed by atoms with Crippen LogP contribution < -0.4 is 9.47 Å². The van der Waals surface area contributed by atoms with E-state index in [0.717, 1.165) is 9.79 Å². The fraction of sp³-hybridized carbons (Fsp3) is 0.250. The number of hydrogen-bond donors (Lipinski definition) is 0. The van der Waals surface area contributed by atoms with E-state index >= 15 is 0 Å². The van der Waals surface area contributed by atoms with E-state index in [1.165, 1.54) is 0 Å². The van der Waals surface area contributed by atoms with Gasteiger partial charge in [-0.05, 0) is 50.2 Å². The van der Waals surface area contributed by atoms with E-state index in [4.69, 9.17) is 18.9 Å². The molecule has 0 fully saturated rings. The molecule has 0 saturated heterocycles. The van der Waals surface area contributed by atoms with Gasteiger partial charge in [0, 0.05) is 38.5 Å². The highest BCUT2D eigenvalue weighted by molar-refractivity contribution is 7.99. The van der Waals surface area contributed by atoms with Gasteiger partial charge in [0.15, 0.2) is 0 Å². The third kappa shape index (κ3) is 11.2. The van der Waals surface area contributed by atoms with Crippen molar-refractivity contribution in [3.05, 3.63) is 109 Å². The maximum Gasteiger partial charge on any atom is 0.333 e. The minimum Gasteiger partial charge on any atom is -0.490 e. The lowest BCUT2D eigenvalue weighted by molar-refractivity contribution is -0.145. The Kier molecular flexibility index (Phi) is 12.7. The summed E-state index contributed by atoms with van der Waals surface area (Å²) >= 11 is 3.16. The number of ether oxygens (including phenoxy) is 4. The molecule has 0 aliphatic heterocycles. The summed E-state index contributed by atoms with van der Waals surface area (Å²) < 4.78 is 23.2. The number of esters is 2. The van der Waals surface area contributed by atoms with Crippen LogP contribution in [0.1, 0.15) is 13.8 Å². The van der Waals surface area contributed by atoms with E-state index in [0.29, 0.717) is 34.2 Å². The Morgan fingerprint density at radius 3 is 1.43 bits per heavy atom. The van der Waals surface area contributed by atoms with Crippen molar-refractivity contribution in [3.8, 4) is 11.5 Å². The molecule has 0 aromatic heterocycles. The summed E-state index contributed by atoms with van der Waals surface area (Å²) in [7, 11) is 0. The van der Waals surface area contributed by atoms with Crippen molar-refractivity contribution >= 4 is 35.5 Å². The molecule has 3 aromatic carbocycles. The molecule has 0 saturated carbocycles. The van der Waals surface area contributed by atoms with Crippen LogP contribution in [-0.4, -0.2) is 48.9 Å². The van der Waals surface area contributed by atoms with Crippen molar-refractivity contribution in [1.82, 2.24) is 0 Å². The Morgan fingerprint density at radius 1 is 0.650 bits per heavy atom. The largest absolute Gasteiger partial charge is 0.490 e. The van der Waals surface area contributed by atoms with Gasteiger partial charge in [0.1, 0.15) is 36.9 Å². The van der Waals surface area contributed by atoms with Gasteiger partial charge in [0.2, 0.25) is 0 Å². The Bertz CT molecular complexity index is 1170. The lowest BCUT2D eigenvalue weighted by Crippen LogP contribution is -2.28. The maximum absolute atomic E-state index is 12.2. The van der Waals surface area contributed by atoms with Crippen molar-refractivity contribution in [2.24, 2.45) is 0 Å². The zero-order valence-corrected chi connectivity index (χ0v) is 24.4. The summed E-state index contributed by atoms with van der Waals surface area (Å²) in [5, 5.41) is 0. The number of carbonyl (C=O) groups is 2. The van der Waals surface area contributed by atoms with Crippen molar-refractivity contribution in [3.63, 3.8) is 0 Å². The Morgan fingerprint density at radius 2 is 1.05 bits per heavy atom. The molecule has 0 aliphatic carbocycles. The first-order valence-corrected chi connectivity index (χ1v) is 14.7. The number of carbonyl (C=O) groups excluding carboxylic acids is 2. The number of benzene rings is 3. The van der Waals surface area contributed by atoms with Crippen LogP contribution in [0.3, 0.4) is 0 Å². The van der Waals surface area contributed by atoms with Crippen LogP contribution in [0.2, 0.25) is 0 Å². The quantitative estimate of drug-likeness (QED) is 0.102. The van der Waals surface area contributed by atoms with Gasteiger partial charge >= 0.3 is 11.9 Å². The zero-order valence-electron chi connectivity index (χ0n) is 22.7. The van der Waals surface area contributed by atoms with Crippen molar-refractivity contribution in [2.45, 2.75) is 35.8 Å². The van der Waals surface area contributed by atoms with E-state index in [9.17, 15) is 9.59 Å². The highest BCUT2D eigenvalue weighted by Gasteiger charge is 2.19. The number of rotatable bonds is 16. The molecular formula is C32H34O6S2. The Hall–Kier alpha value is -3.62. The van der Waals surface area contributed by atoms with E-state index in [1.807, 2.05) is 66.7 Å². The van der Waals surface area contributed by atoms with Gasteiger partial charge in [0.25, 0.3) is 0 Å². The molecule has 0 radical (unpaired) electrons. The first kappa shape index (κ1) is 30.9. The van der Waals surface area contributed by atoms with E-state index in [1.54, 1.807) is 55.6 Å². The minimum absolute atomic E-state index is 0.162. The molecule has 0 heterocycles. The van der Waals surface area contributed by atoms with E-state index in [2.05, 4.69) is 13.2 Å². The van der Waals surface area contributed by atoms with Crippen molar-refractivity contribution in [2.75, 3.05) is 24.7 Å². The van der Waals surface area contributed by atoms with E-state index in [-0.39, 0.29) is 13.2 Å². The molecule has 0 bridgehead atoms. The molecule has 3 rings (SSSR count). The minimum atomic E-state index is -0.486. The lowest BCUT2D eigenvalue weighted by atomic mass is 10.3. The molecule has 0 aliphatic rings. The van der Waals surface area contributed by atoms with Crippen LogP contribution in [0.4, 0.5) is 0 Å². The summed E-state index contributed by atoms with van der Waals surface area (Å²) in [5.41, 5.74) is 0.662. The molecule has 2 atom stereocenters. The molecule has 8 heteroatoms. The van der Waals surface area contributed by atoms with Crippen LogP contribution in [-0.2, 0) is 19.1 Å². The Balaban J connectivity index is 1.59. The highest BCUT2D eigenvalue weighted by atomic mass is 32.2. The topological polar surface area (TPSA) is 71.1 Å². The lowest BCUT2D eigenvalue weighted by Gasteiger charge is -2.20. The maximum atomic E-state index is 12.2. The molecule has 210 valence electrons. The summed E-state index contributed by atoms with van der Waals surface area (Å²) in [5.74, 6) is 1.26. The summed E-state index contributed by atoms with van der Waals surface area (Å²) in [6.07, 6.45) is -0.972. The molecule has 6 nitrogen and oxygen atoms in total. The first-order valence-electron chi connectivity index (χ1n) is 12.7. The summed E-state index contributed by atoms with van der Waals surface area (Å²) in [6.45, 7) is 10.9. The number of hydrogen-bond acceptors (Lipinski definition) is 8. The second kappa shape index (κ2) is 16.5. The average Bonchev–Trinajstić information content (AvgIpc) is 2.96. The fourth-order valence-electron chi connectivity index (χ4n) is 3.18. The van der Waals surface area contributed by atoms with Gasteiger partial charge in [-0.2, -0.15) is 0 Å². The molecule has 2 unspecified atom stereocenters.